The van der Waals surface area contributed by atoms with Crippen LogP contribution in [-0.2, 0) is 0 Å². The Labute approximate surface area is 115 Å². The van der Waals surface area contributed by atoms with Gasteiger partial charge in [-0.25, -0.2) is 0 Å². The highest BCUT2D eigenvalue weighted by Gasteiger charge is 2.16. The number of halogens is 1. The molecule has 1 fully saturated rings. The van der Waals surface area contributed by atoms with Crippen molar-refractivity contribution >= 4 is 12.4 Å². The Morgan fingerprint density at radius 2 is 2.11 bits per heavy atom. The highest BCUT2D eigenvalue weighted by molar-refractivity contribution is 5.85. The summed E-state index contributed by atoms with van der Waals surface area (Å²) in [5, 5.41) is 3.55. The van der Waals surface area contributed by atoms with Crippen molar-refractivity contribution in [1.82, 2.24) is 5.32 Å². The summed E-state index contributed by atoms with van der Waals surface area (Å²) in [5.41, 5.74) is 1.30. The predicted molar refractivity (Wildman–Crippen MR) is 76.0 cm³/mol. The van der Waals surface area contributed by atoms with E-state index in [0.717, 1.165) is 18.0 Å². The lowest BCUT2D eigenvalue weighted by molar-refractivity contribution is 0.309. The van der Waals surface area contributed by atoms with Crippen LogP contribution < -0.4 is 14.8 Å². The Balaban J connectivity index is 0.00000162. The molecule has 1 saturated heterocycles. The number of hydrogen-bond acceptors (Lipinski definition) is 3. The molecule has 0 unspecified atom stereocenters. The molecule has 102 valence electrons. The van der Waals surface area contributed by atoms with E-state index < -0.39 is 0 Å². The van der Waals surface area contributed by atoms with Crippen molar-refractivity contribution in [3.8, 4) is 11.5 Å². The lowest BCUT2D eigenvalue weighted by atomic mass is 9.97. The molecule has 0 amide bonds. The topological polar surface area (TPSA) is 30.5 Å². The van der Waals surface area contributed by atoms with Gasteiger partial charge in [-0.3, -0.25) is 0 Å². The fraction of sp³-hybridized carbons (Fsp3) is 0.571. The van der Waals surface area contributed by atoms with E-state index in [1.165, 1.54) is 24.8 Å². The monoisotopic (exact) mass is 271 g/mol. The molecule has 0 aliphatic carbocycles. The van der Waals surface area contributed by atoms with E-state index in [-0.39, 0.29) is 12.4 Å². The van der Waals surface area contributed by atoms with Gasteiger partial charge in [-0.2, -0.15) is 0 Å². The fourth-order valence-electron chi connectivity index (χ4n) is 2.31. The molecule has 3 nitrogen and oxygen atoms in total. The van der Waals surface area contributed by atoms with Crippen molar-refractivity contribution in [2.24, 2.45) is 0 Å². The van der Waals surface area contributed by atoms with Crippen LogP contribution in [0.3, 0.4) is 0 Å². The van der Waals surface area contributed by atoms with Crippen molar-refractivity contribution < 1.29 is 9.47 Å². The average Bonchev–Trinajstić information content (AvgIpc) is 2.40. The largest absolute Gasteiger partial charge is 0.493 e. The molecule has 0 spiro atoms. The van der Waals surface area contributed by atoms with Crippen molar-refractivity contribution in [1.29, 1.82) is 0 Å². The first-order chi connectivity index (χ1) is 8.35. The first-order valence-electron chi connectivity index (χ1n) is 6.39. The summed E-state index contributed by atoms with van der Waals surface area (Å²) in [4.78, 5) is 0. The van der Waals surface area contributed by atoms with Crippen LogP contribution in [-0.4, -0.2) is 20.3 Å². The quantitative estimate of drug-likeness (QED) is 0.911. The van der Waals surface area contributed by atoms with E-state index in [4.69, 9.17) is 9.47 Å². The molecule has 0 bridgehead atoms. The summed E-state index contributed by atoms with van der Waals surface area (Å²) in [6, 6.07) is 6.69. The van der Waals surface area contributed by atoms with Crippen LogP contribution in [0.1, 0.15) is 37.8 Å². The van der Waals surface area contributed by atoms with Crippen LogP contribution in [0, 0.1) is 0 Å². The highest BCUT2D eigenvalue weighted by atomic mass is 35.5. The Hall–Kier alpha value is -0.930. The van der Waals surface area contributed by atoms with Gasteiger partial charge in [-0.1, -0.05) is 12.5 Å². The lowest BCUT2D eigenvalue weighted by Crippen LogP contribution is -2.26. The Morgan fingerprint density at radius 3 is 2.72 bits per heavy atom. The average molecular weight is 272 g/mol. The zero-order chi connectivity index (χ0) is 12.1. The minimum Gasteiger partial charge on any atom is -0.493 e. The summed E-state index contributed by atoms with van der Waals surface area (Å²) in [6.07, 6.45) is 3.79. The molecule has 1 atom stereocenters. The summed E-state index contributed by atoms with van der Waals surface area (Å²) >= 11 is 0. The first-order valence-corrected chi connectivity index (χ1v) is 6.39. The standard InChI is InChI=1S/C14H21NO2.ClH/c1-3-17-14-10-11(7-8-13(14)16-2)12-6-4-5-9-15-12;/h7-8,10,12,15H,3-6,9H2,1-2H3;1H/t12-;/m0./s1. The maximum absolute atomic E-state index is 5.61. The van der Waals surface area contributed by atoms with Gasteiger partial charge in [0.1, 0.15) is 0 Å². The van der Waals surface area contributed by atoms with Gasteiger partial charge >= 0.3 is 0 Å². The fourth-order valence-corrected chi connectivity index (χ4v) is 2.31. The normalized spacial score (nSPS) is 18.9. The molecule has 0 radical (unpaired) electrons. The van der Waals surface area contributed by atoms with Gasteiger partial charge in [0.15, 0.2) is 11.5 Å². The number of hydrogen-bond donors (Lipinski definition) is 1. The summed E-state index contributed by atoms with van der Waals surface area (Å²) in [7, 11) is 1.68. The molecule has 2 rings (SSSR count). The van der Waals surface area contributed by atoms with E-state index in [0.29, 0.717) is 12.6 Å². The molecule has 0 saturated carbocycles. The van der Waals surface area contributed by atoms with E-state index in [9.17, 15) is 0 Å². The van der Waals surface area contributed by atoms with Crippen LogP contribution >= 0.6 is 12.4 Å². The van der Waals surface area contributed by atoms with E-state index in [1.807, 2.05) is 13.0 Å². The second kappa shape index (κ2) is 7.49. The van der Waals surface area contributed by atoms with Crippen molar-refractivity contribution in [3.63, 3.8) is 0 Å². The Morgan fingerprint density at radius 1 is 1.28 bits per heavy atom. The van der Waals surface area contributed by atoms with Crippen molar-refractivity contribution in [2.75, 3.05) is 20.3 Å². The lowest BCUT2D eigenvalue weighted by Gasteiger charge is -2.24. The number of piperidine rings is 1. The smallest absolute Gasteiger partial charge is 0.161 e. The van der Waals surface area contributed by atoms with Gasteiger partial charge in [0.25, 0.3) is 0 Å². The Bertz CT molecular complexity index is 365. The van der Waals surface area contributed by atoms with Gasteiger partial charge in [-0.05, 0) is 44.0 Å². The van der Waals surface area contributed by atoms with Crippen LogP contribution in [0.4, 0.5) is 0 Å². The highest BCUT2D eigenvalue weighted by Crippen LogP contribution is 2.32. The minimum atomic E-state index is 0. The third-order valence-corrected chi connectivity index (χ3v) is 3.20. The molecule has 18 heavy (non-hydrogen) atoms. The van der Waals surface area contributed by atoms with Crippen LogP contribution in [0.15, 0.2) is 18.2 Å². The van der Waals surface area contributed by atoms with Crippen molar-refractivity contribution in [2.45, 2.75) is 32.2 Å². The second-order valence-corrected chi connectivity index (χ2v) is 4.35. The maximum Gasteiger partial charge on any atom is 0.161 e. The molecule has 1 N–H and O–H groups in total. The van der Waals surface area contributed by atoms with E-state index in [1.54, 1.807) is 7.11 Å². The zero-order valence-electron chi connectivity index (χ0n) is 11.1. The summed E-state index contributed by atoms with van der Waals surface area (Å²) in [6.45, 7) is 3.77. The van der Waals surface area contributed by atoms with E-state index in [2.05, 4.69) is 17.4 Å². The third kappa shape index (κ3) is 3.53. The van der Waals surface area contributed by atoms with Crippen molar-refractivity contribution in [3.05, 3.63) is 23.8 Å². The molecule has 0 aromatic heterocycles. The third-order valence-electron chi connectivity index (χ3n) is 3.20. The Kier molecular flexibility index (Phi) is 6.30. The van der Waals surface area contributed by atoms with Crippen LogP contribution in [0.2, 0.25) is 0 Å². The van der Waals surface area contributed by atoms with Crippen LogP contribution in [0.25, 0.3) is 0 Å². The number of benzene rings is 1. The molecule has 4 heteroatoms. The molecule has 1 heterocycles. The second-order valence-electron chi connectivity index (χ2n) is 4.35. The molecule has 1 aliphatic heterocycles. The number of ether oxygens (including phenoxy) is 2. The number of nitrogens with one attached hydrogen (secondary N) is 1. The van der Waals surface area contributed by atoms with Gasteiger partial charge in [-0.15, -0.1) is 12.4 Å². The molecule has 1 aromatic rings. The predicted octanol–water partition coefficient (Wildman–Crippen LogP) is 3.33. The van der Waals surface area contributed by atoms with Gasteiger partial charge in [0, 0.05) is 6.04 Å². The first kappa shape index (κ1) is 15.1. The van der Waals surface area contributed by atoms with Gasteiger partial charge in [0.05, 0.1) is 13.7 Å². The van der Waals surface area contributed by atoms with Gasteiger partial charge in [0.2, 0.25) is 0 Å². The molecular formula is C14H22ClNO2. The number of methoxy groups -OCH3 is 1. The maximum atomic E-state index is 5.61. The summed E-state index contributed by atoms with van der Waals surface area (Å²) < 4.78 is 10.9. The molecule has 1 aliphatic rings. The van der Waals surface area contributed by atoms with Crippen LogP contribution in [0.5, 0.6) is 11.5 Å². The van der Waals surface area contributed by atoms with E-state index >= 15 is 0 Å². The summed E-state index contributed by atoms with van der Waals surface area (Å²) in [5.74, 6) is 1.66. The SMILES string of the molecule is CCOc1cc([C@@H]2CCCCN2)ccc1OC.Cl. The molecule has 1 aromatic carbocycles. The number of rotatable bonds is 4. The minimum absolute atomic E-state index is 0. The molecular weight excluding hydrogens is 250 g/mol. The van der Waals surface area contributed by atoms with Gasteiger partial charge < -0.3 is 14.8 Å². The zero-order valence-corrected chi connectivity index (χ0v) is 11.9.